The van der Waals surface area contributed by atoms with Gasteiger partial charge in [-0.1, -0.05) is 133 Å². The lowest BCUT2D eigenvalue weighted by Gasteiger charge is -2.28. The van der Waals surface area contributed by atoms with Crippen molar-refractivity contribution >= 4 is 80.9 Å². The number of rotatable bonds is 5. The third kappa shape index (κ3) is 4.84. The molecule has 0 aliphatic carbocycles. The molecular weight excluding hydrogens is 623 g/mol. The molecule has 0 atom stereocenters. The van der Waals surface area contributed by atoms with Crippen molar-refractivity contribution in [1.82, 2.24) is 0 Å². The Morgan fingerprint density at radius 1 is 0.320 bits per heavy atom. The van der Waals surface area contributed by atoms with E-state index in [4.69, 9.17) is 0 Å². The Morgan fingerprint density at radius 3 is 1.90 bits per heavy atom. The van der Waals surface area contributed by atoms with Gasteiger partial charge in [0.2, 0.25) is 0 Å². The standard InChI is InChI=1S/C48H31NS/c1-2-10-33(11-3-1)43-14-6-8-16-46(43)49(40-26-27-42-37(29-40)21-18-34-12-4-5-13-41(34)42)39-24-22-32(23-25-39)35-19-20-36-31-48-45(30-38(36)28-35)44-15-7-9-17-47(44)50-48/h1-31H. The maximum atomic E-state index is 2.40. The summed E-state index contributed by atoms with van der Waals surface area (Å²) in [4.78, 5) is 2.40. The Bertz CT molecular complexity index is 2870. The first-order valence-corrected chi connectivity index (χ1v) is 17.9. The maximum Gasteiger partial charge on any atom is 0.0540 e. The van der Waals surface area contributed by atoms with Gasteiger partial charge in [0.1, 0.15) is 0 Å². The number of hydrogen-bond acceptors (Lipinski definition) is 2. The van der Waals surface area contributed by atoms with Crippen molar-refractivity contribution in [2.45, 2.75) is 0 Å². The van der Waals surface area contributed by atoms with Gasteiger partial charge in [-0.05, 0) is 104 Å². The number of nitrogens with zero attached hydrogens (tertiary/aromatic N) is 1. The minimum absolute atomic E-state index is 1.12. The Morgan fingerprint density at radius 2 is 1.00 bits per heavy atom. The largest absolute Gasteiger partial charge is 0.310 e. The topological polar surface area (TPSA) is 3.24 Å². The van der Waals surface area contributed by atoms with E-state index in [-0.39, 0.29) is 0 Å². The highest BCUT2D eigenvalue weighted by Crippen LogP contribution is 2.43. The van der Waals surface area contributed by atoms with E-state index in [0.29, 0.717) is 0 Å². The van der Waals surface area contributed by atoms with Gasteiger partial charge in [-0.2, -0.15) is 0 Å². The van der Waals surface area contributed by atoms with Crippen LogP contribution in [0.15, 0.2) is 188 Å². The summed E-state index contributed by atoms with van der Waals surface area (Å²) in [5.74, 6) is 0. The van der Waals surface area contributed by atoms with Crippen LogP contribution in [-0.2, 0) is 0 Å². The van der Waals surface area contributed by atoms with Crippen LogP contribution in [0.5, 0.6) is 0 Å². The van der Waals surface area contributed by atoms with Crippen molar-refractivity contribution < 1.29 is 0 Å². The first kappa shape index (κ1) is 28.8. The zero-order valence-corrected chi connectivity index (χ0v) is 28.1. The van der Waals surface area contributed by atoms with Gasteiger partial charge in [0.15, 0.2) is 0 Å². The van der Waals surface area contributed by atoms with E-state index in [2.05, 4.69) is 193 Å². The summed E-state index contributed by atoms with van der Waals surface area (Å²) < 4.78 is 2.68. The van der Waals surface area contributed by atoms with E-state index in [1.165, 1.54) is 74.7 Å². The van der Waals surface area contributed by atoms with Gasteiger partial charge in [-0.25, -0.2) is 0 Å². The van der Waals surface area contributed by atoms with Crippen molar-refractivity contribution in [3.8, 4) is 22.3 Å². The lowest BCUT2D eigenvalue weighted by Crippen LogP contribution is -2.11. The van der Waals surface area contributed by atoms with E-state index in [9.17, 15) is 0 Å². The molecule has 0 saturated carbocycles. The lowest BCUT2D eigenvalue weighted by molar-refractivity contribution is 1.29. The van der Waals surface area contributed by atoms with Crippen molar-refractivity contribution in [3.63, 3.8) is 0 Å². The molecule has 0 aliphatic heterocycles. The molecule has 0 radical (unpaired) electrons. The number of para-hydroxylation sites is 1. The molecule has 0 aliphatic rings. The molecule has 0 unspecified atom stereocenters. The Labute approximate surface area is 294 Å². The van der Waals surface area contributed by atoms with Crippen LogP contribution in [0.3, 0.4) is 0 Å². The molecule has 0 fully saturated rings. The number of thiophene rings is 1. The second-order valence-corrected chi connectivity index (χ2v) is 14.0. The molecule has 234 valence electrons. The number of hydrogen-bond donors (Lipinski definition) is 0. The van der Waals surface area contributed by atoms with E-state index in [1.54, 1.807) is 0 Å². The lowest BCUT2D eigenvalue weighted by atomic mass is 9.98. The summed E-state index contributed by atoms with van der Waals surface area (Å²) in [6.07, 6.45) is 0. The van der Waals surface area contributed by atoms with Crippen LogP contribution in [0.25, 0.3) is 74.7 Å². The second kappa shape index (κ2) is 11.7. The van der Waals surface area contributed by atoms with Gasteiger partial charge in [-0.3, -0.25) is 0 Å². The molecule has 10 aromatic rings. The Kier molecular flexibility index (Phi) is 6.75. The van der Waals surface area contributed by atoms with Crippen LogP contribution < -0.4 is 4.90 Å². The first-order chi connectivity index (χ1) is 24.8. The van der Waals surface area contributed by atoms with Crippen molar-refractivity contribution in [1.29, 1.82) is 0 Å². The fourth-order valence-electron chi connectivity index (χ4n) is 7.55. The maximum absolute atomic E-state index is 2.40. The molecule has 0 spiro atoms. The highest BCUT2D eigenvalue weighted by Gasteiger charge is 2.18. The molecule has 50 heavy (non-hydrogen) atoms. The summed E-state index contributed by atoms with van der Waals surface area (Å²) in [6.45, 7) is 0. The van der Waals surface area contributed by atoms with Gasteiger partial charge in [-0.15, -0.1) is 11.3 Å². The van der Waals surface area contributed by atoms with Crippen LogP contribution in [0.1, 0.15) is 0 Å². The number of benzene rings is 9. The molecule has 2 heteroatoms. The van der Waals surface area contributed by atoms with Crippen LogP contribution in [-0.4, -0.2) is 0 Å². The molecule has 0 amide bonds. The van der Waals surface area contributed by atoms with Crippen LogP contribution >= 0.6 is 11.3 Å². The smallest absolute Gasteiger partial charge is 0.0540 e. The molecule has 1 heterocycles. The van der Waals surface area contributed by atoms with E-state index < -0.39 is 0 Å². The zero-order valence-electron chi connectivity index (χ0n) is 27.3. The van der Waals surface area contributed by atoms with Crippen molar-refractivity contribution in [2.24, 2.45) is 0 Å². The SMILES string of the molecule is c1ccc(-c2ccccc2N(c2ccc(-c3ccc4cc5sc6ccccc6c5cc4c3)cc2)c2ccc3c(ccc4ccccc43)c2)cc1. The van der Waals surface area contributed by atoms with E-state index in [0.717, 1.165) is 17.1 Å². The number of fused-ring (bicyclic) bond motifs is 7. The Balaban J connectivity index is 1.10. The molecule has 1 nitrogen and oxygen atoms in total. The Hall–Kier alpha value is -6.22. The average Bonchev–Trinajstić information content (AvgIpc) is 3.55. The molecule has 0 saturated heterocycles. The summed E-state index contributed by atoms with van der Waals surface area (Å²) in [5, 5.41) is 10.2. The third-order valence-corrected chi connectivity index (χ3v) is 11.1. The van der Waals surface area contributed by atoms with Gasteiger partial charge >= 0.3 is 0 Å². The van der Waals surface area contributed by atoms with Crippen LogP contribution in [0, 0.1) is 0 Å². The summed E-state index contributed by atoms with van der Waals surface area (Å²) in [7, 11) is 0. The summed E-state index contributed by atoms with van der Waals surface area (Å²) >= 11 is 1.87. The van der Waals surface area contributed by atoms with Crippen molar-refractivity contribution in [3.05, 3.63) is 188 Å². The van der Waals surface area contributed by atoms with Crippen LogP contribution in [0.4, 0.5) is 17.1 Å². The minimum Gasteiger partial charge on any atom is -0.310 e. The normalized spacial score (nSPS) is 11.6. The molecular formula is C48H31NS. The highest BCUT2D eigenvalue weighted by molar-refractivity contribution is 7.25. The predicted octanol–water partition coefficient (Wildman–Crippen LogP) is 14.3. The molecule has 0 N–H and O–H groups in total. The van der Waals surface area contributed by atoms with Gasteiger partial charge in [0, 0.05) is 37.1 Å². The van der Waals surface area contributed by atoms with Gasteiger partial charge in [0.25, 0.3) is 0 Å². The van der Waals surface area contributed by atoms with Gasteiger partial charge < -0.3 is 4.90 Å². The zero-order chi connectivity index (χ0) is 33.0. The molecule has 1 aromatic heterocycles. The average molecular weight is 654 g/mol. The van der Waals surface area contributed by atoms with E-state index in [1.807, 2.05) is 11.3 Å². The second-order valence-electron chi connectivity index (χ2n) is 13.0. The molecule has 9 aromatic carbocycles. The summed E-state index contributed by atoms with van der Waals surface area (Å²) in [5.41, 5.74) is 8.19. The fourth-order valence-corrected chi connectivity index (χ4v) is 8.68. The monoisotopic (exact) mass is 653 g/mol. The fraction of sp³-hybridized carbons (Fsp3) is 0. The van der Waals surface area contributed by atoms with Gasteiger partial charge in [0.05, 0.1) is 5.69 Å². The minimum atomic E-state index is 1.12. The third-order valence-electron chi connectivity index (χ3n) is 10.0. The molecule has 10 rings (SSSR count). The highest BCUT2D eigenvalue weighted by atomic mass is 32.1. The van der Waals surface area contributed by atoms with Crippen LogP contribution in [0.2, 0.25) is 0 Å². The number of anilines is 3. The predicted molar refractivity (Wildman–Crippen MR) is 217 cm³/mol. The summed E-state index contributed by atoms with van der Waals surface area (Å²) in [6, 6.07) is 68.8. The quantitative estimate of drug-likeness (QED) is 0.167. The first-order valence-electron chi connectivity index (χ1n) is 17.1. The van der Waals surface area contributed by atoms with E-state index >= 15 is 0 Å². The van der Waals surface area contributed by atoms with Crippen molar-refractivity contribution in [2.75, 3.05) is 4.90 Å². The molecule has 0 bridgehead atoms.